The molecule has 2 N–H and O–H groups in total. The molecule has 0 radical (unpaired) electrons. The fourth-order valence-electron chi connectivity index (χ4n) is 3.50. The zero-order chi connectivity index (χ0) is 27.4. The molecule has 8 nitrogen and oxygen atoms in total. The second kappa shape index (κ2) is 14.1. The number of hydrogen-bond acceptors (Lipinski definition) is 5. The first-order chi connectivity index (χ1) is 16.9. The van der Waals surface area contributed by atoms with E-state index in [1.54, 1.807) is 4.90 Å². The van der Waals surface area contributed by atoms with Gasteiger partial charge in [0.2, 0.25) is 6.41 Å². The largest absolute Gasteiger partial charge is 0.573 e. The molecular weight excluding hydrogens is 479 g/mol. The lowest BCUT2D eigenvalue weighted by Gasteiger charge is -2.30. The molecule has 0 saturated heterocycles. The Bertz CT molecular complexity index is 970. The molecule has 36 heavy (non-hydrogen) atoms. The van der Waals surface area contributed by atoms with Gasteiger partial charge in [-0.2, -0.15) is 0 Å². The van der Waals surface area contributed by atoms with E-state index in [0.29, 0.717) is 24.4 Å². The zero-order valence-corrected chi connectivity index (χ0v) is 20.7. The van der Waals surface area contributed by atoms with Crippen LogP contribution in [0.3, 0.4) is 0 Å². The maximum atomic E-state index is 12.9. The van der Waals surface area contributed by atoms with Crippen LogP contribution >= 0.6 is 0 Å². The predicted octanol–water partition coefficient (Wildman–Crippen LogP) is 4.32. The molecule has 0 spiro atoms. The van der Waals surface area contributed by atoms with Crippen molar-refractivity contribution in [2.45, 2.75) is 52.6 Å². The fourth-order valence-corrected chi connectivity index (χ4v) is 3.50. The SMILES string of the molecule is CC1=CCC(CCN2C(=O)C(c3ccc(OC(F)(F)F)cc3)=NC2(C)C)C=C1.CCNC=O.O=CO. The molecule has 0 saturated carbocycles. The average Bonchev–Trinajstić information content (AvgIpc) is 3.03. The molecule has 1 aliphatic heterocycles. The van der Waals surface area contributed by atoms with E-state index in [1.807, 2.05) is 20.8 Å². The van der Waals surface area contributed by atoms with E-state index in [-0.39, 0.29) is 23.8 Å². The third-order valence-corrected chi connectivity index (χ3v) is 5.24. The standard InChI is InChI=1S/C21H23F3N2O2.C3H7NO.CH2O2/c1-14-4-6-15(7-5-14)12-13-26-19(27)18(25-20(26,2)3)16-8-10-17(11-9-16)28-21(22,23)24;1-2-4-3-5;2-1-3/h4-6,8-11,15H,7,12-13H2,1-3H3;3H,2H2,1H3,(H,4,5);1H,(H,2,3). The van der Waals surface area contributed by atoms with E-state index in [2.05, 4.69) is 40.2 Å². The van der Waals surface area contributed by atoms with Gasteiger partial charge in [-0.25, -0.2) is 0 Å². The summed E-state index contributed by atoms with van der Waals surface area (Å²) in [5.41, 5.74) is 1.29. The van der Waals surface area contributed by atoms with Crippen LogP contribution in [-0.2, 0) is 14.4 Å². The maximum absolute atomic E-state index is 12.9. The first kappa shape index (κ1) is 30.4. The number of amides is 2. The highest BCUT2D eigenvalue weighted by Crippen LogP contribution is 2.30. The molecule has 2 aliphatic rings. The van der Waals surface area contributed by atoms with Crippen LogP contribution in [-0.4, -0.2) is 59.6 Å². The number of alkyl halides is 3. The van der Waals surface area contributed by atoms with Crippen LogP contribution in [0.25, 0.3) is 0 Å². The van der Waals surface area contributed by atoms with Gasteiger partial charge in [-0.1, -0.05) is 23.8 Å². The van der Waals surface area contributed by atoms with E-state index < -0.39 is 12.0 Å². The van der Waals surface area contributed by atoms with Crippen LogP contribution in [0.2, 0.25) is 0 Å². The van der Waals surface area contributed by atoms with Crippen LogP contribution in [0.15, 0.2) is 53.1 Å². The minimum atomic E-state index is -4.75. The van der Waals surface area contributed by atoms with E-state index >= 15 is 0 Å². The van der Waals surface area contributed by atoms with E-state index in [0.717, 1.165) is 19.4 Å². The van der Waals surface area contributed by atoms with Crippen molar-refractivity contribution in [1.29, 1.82) is 0 Å². The van der Waals surface area contributed by atoms with Gasteiger partial charge < -0.3 is 20.1 Å². The normalized spacial score (nSPS) is 18.0. The summed E-state index contributed by atoms with van der Waals surface area (Å²) in [4.78, 5) is 36.8. The number of carbonyl (C=O) groups is 3. The van der Waals surface area contributed by atoms with Crippen LogP contribution < -0.4 is 10.1 Å². The van der Waals surface area contributed by atoms with Crippen LogP contribution in [0.5, 0.6) is 5.75 Å². The van der Waals surface area contributed by atoms with Gasteiger partial charge in [-0.15, -0.1) is 13.2 Å². The summed E-state index contributed by atoms with van der Waals surface area (Å²) in [6.07, 6.45) is 4.17. The summed E-state index contributed by atoms with van der Waals surface area (Å²) in [6.45, 7) is 8.69. The molecule has 1 unspecified atom stereocenters. The number of carbonyl (C=O) groups excluding carboxylic acids is 2. The molecule has 1 aromatic rings. The minimum Gasteiger partial charge on any atom is -0.483 e. The predicted molar refractivity (Wildman–Crippen MR) is 130 cm³/mol. The number of hydrogen-bond donors (Lipinski definition) is 2. The van der Waals surface area contributed by atoms with Gasteiger partial charge in [0.05, 0.1) is 0 Å². The second-order valence-electron chi connectivity index (χ2n) is 8.36. The number of allylic oxidation sites excluding steroid dienone is 4. The Morgan fingerprint density at radius 2 is 1.86 bits per heavy atom. The van der Waals surface area contributed by atoms with Gasteiger partial charge in [-0.3, -0.25) is 19.4 Å². The molecule has 0 fully saturated rings. The zero-order valence-electron chi connectivity index (χ0n) is 20.7. The number of rotatable bonds is 7. The van der Waals surface area contributed by atoms with E-state index in [9.17, 15) is 22.8 Å². The summed E-state index contributed by atoms with van der Waals surface area (Å²) in [7, 11) is 0. The van der Waals surface area contributed by atoms with E-state index in [1.165, 1.54) is 29.8 Å². The highest BCUT2D eigenvalue weighted by molar-refractivity contribution is 6.46. The number of carboxylic acid groups (broad SMARTS) is 1. The van der Waals surface area contributed by atoms with Crippen molar-refractivity contribution in [1.82, 2.24) is 10.2 Å². The molecule has 11 heteroatoms. The Hall–Kier alpha value is -3.63. The third kappa shape index (κ3) is 9.93. The van der Waals surface area contributed by atoms with E-state index in [4.69, 9.17) is 9.90 Å². The molecule has 3 rings (SSSR count). The number of halogens is 3. The molecule has 1 aliphatic carbocycles. The number of nitrogens with one attached hydrogen (secondary N) is 1. The Morgan fingerprint density at radius 3 is 2.31 bits per heavy atom. The Labute approximate surface area is 208 Å². The first-order valence-electron chi connectivity index (χ1n) is 11.3. The lowest BCUT2D eigenvalue weighted by Crippen LogP contribution is -2.43. The number of ether oxygens (including phenoxy) is 1. The molecule has 1 aromatic carbocycles. The van der Waals surface area contributed by atoms with Gasteiger partial charge in [0.25, 0.3) is 12.4 Å². The van der Waals surface area contributed by atoms with Crippen molar-refractivity contribution in [2.75, 3.05) is 13.1 Å². The van der Waals surface area contributed by atoms with Gasteiger partial charge in [0, 0.05) is 18.7 Å². The summed E-state index contributed by atoms with van der Waals surface area (Å²) in [5, 5.41) is 9.32. The van der Waals surface area contributed by atoms with Crippen molar-refractivity contribution in [3.8, 4) is 5.75 Å². The lowest BCUT2D eigenvalue weighted by molar-refractivity contribution is -0.274. The average molecular weight is 512 g/mol. The second-order valence-corrected chi connectivity index (χ2v) is 8.36. The lowest BCUT2D eigenvalue weighted by atomic mass is 9.94. The first-order valence-corrected chi connectivity index (χ1v) is 11.3. The van der Waals surface area contributed by atoms with Crippen molar-refractivity contribution >= 4 is 24.5 Å². The number of aliphatic imine (C=N–C) groups is 1. The maximum Gasteiger partial charge on any atom is 0.573 e. The van der Waals surface area contributed by atoms with Crippen molar-refractivity contribution in [2.24, 2.45) is 10.9 Å². The van der Waals surface area contributed by atoms with Crippen molar-refractivity contribution in [3.05, 3.63) is 53.6 Å². The minimum absolute atomic E-state index is 0.207. The Balaban J connectivity index is 0.000000709. The Morgan fingerprint density at radius 1 is 1.25 bits per heavy atom. The monoisotopic (exact) mass is 511 g/mol. The molecular formula is C25H32F3N3O5. The summed E-state index contributed by atoms with van der Waals surface area (Å²) >= 11 is 0. The van der Waals surface area contributed by atoms with Crippen molar-refractivity contribution in [3.63, 3.8) is 0 Å². The number of benzene rings is 1. The summed E-state index contributed by atoms with van der Waals surface area (Å²) < 4.78 is 40.8. The third-order valence-electron chi connectivity index (χ3n) is 5.24. The van der Waals surface area contributed by atoms with Gasteiger partial charge in [-0.05, 0) is 70.7 Å². The van der Waals surface area contributed by atoms with Gasteiger partial charge >= 0.3 is 6.36 Å². The fraction of sp³-hybridized carbons (Fsp3) is 0.440. The highest BCUT2D eigenvalue weighted by atomic mass is 19.4. The van der Waals surface area contributed by atoms with Gasteiger partial charge in [0.15, 0.2) is 0 Å². The molecule has 0 bridgehead atoms. The van der Waals surface area contributed by atoms with Gasteiger partial charge in [0.1, 0.15) is 17.1 Å². The Kier molecular flexibility index (Phi) is 11.9. The topological polar surface area (TPSA) is 108 Å². The molecule has 0 aromatic heterocycles. The summed E-state index contributed by atoms with van der Waals surface area (Å²) in [5.74, 6) is -0.151. The molecule has 1 heterocycles. The molecule has 198 valence electrons. The van der Waals surface area contributed by atoms with Crippen LogP contribution in [0.4, 0.5) is 13.2 Å². The molecule has 1 atom stereocenters. The molecule has 2 amide bonds. The van der Waals surface area contributed by atoms with Crippen LogP contribution in [0, 0.1) is 5.92 Å². The quantitative estimate of drug-likeness (QED) is 0.530. The summed E-state index contributed by atoms with van der Waals surface area (Å²) in [6, 6.07) is 5.23. The van der Waals surface area contributed by atoms with Crippen LogP contribution in [0.1, 0.15) is 46.1 Å². The van der Waals surface area contributed by atoms with Crippen molar-refractivity contribution < 1.29 is 37.4 Å². The highest BCUT2D eigenvalue weighted by Gasteiger charge is 2.40. The smallest absolute Gasteiger partial charge is 0.483 e. The number of nitrogens with zero attached hydrogens (tertiary/aromatic N) is 2.